The third kappa shape index (κ3) is 2.94. The second-order valence-corrected chi connectivity index (χ2v) is 3.69. The zero-order valence-electron chi connectivity index (χ0n) is 10.0. The number of oxazole rings is 1. The van der Waals surface area contributed by atoms with Crippen LogP contribution >= 0.6 is 0 Å². The number of aryl methyl sites for hydroxylation is 1. The number of aromatic nitrogens is 4. The molecular weight excluding hydrogens is 254 g/mol. The van der Waals surface area contributed by atoms with Gasteiger partial charge in [0.1, 0.15) is 0 Å². The molecule has 0 atom stereocenters. The molecule has 0 saturated carbocycles. The van der Waals surface area contributed by atoms with Gasteiger partial charge in [0.2, 0.25) is 5.76 Å². The number of rotatable bonds is 5. The lowest BCUT2D eigenvalue weighted by molar-refractivity contribution is 0.0690. The van der Waals surface area contributed by atoms with Gasteiger partial charge in [-0.3, -0.25) is 4.79 Å². The maximum absolute atomic E-state index is 11.6. The van der Waals surface area contributed by atoms with E-state index in [-0.39, 0.29) is 23.9 Å². The van der Waals surface area contributed by atoms with Crippen LogP contribution in [0.15, 0.2) is 17.0 Å². The summed E-state index contributed by atoms with van der Waals surface area (Å²) in [7, 11) is 0. The monoisotopic (exact) mass is 265 g/mol. The Morgan fingerprint density at radius 2 is 2.32 bits per heavy atom. The van der Waals surface area contributed by atoms with Gasteiger partial charge in [0.25, 0.3) is 5.91 Å². The Labute approximate surface area is 107 Å². The summed E-state index contributed by atoms with van der Waals surface area (Å²) in [6.07, 6.45) is 2.48. The molecule has 0 aliphatic rings. The smallest absolute Gasteiger partial charge is 0.358 e. The highest BCUT2D eigenvalue weighted by molar-refractivity contribution is 5.92. The van der Waals surface area contributed by atoms with Crippen molar-refractivity contribution >= 4 is 11.9 Å². The summed E-state index contributed by atoms with van der Waals surface area (Å²) in [6, 6.07) is 0. The number of hydrogen-bond acceptors (Lipinski definition) is 6. The van der Waals surface area contributed by atoms with Crippen molar-refractivity contribution in [2.75, 3.05) is 6.54 Å². The van der Waals surface area contributed by atoms with Gasteiger partial charge in [-0.1, -0.05) is 5.21 Å². The summed E-state index contributed by atoms with van der Waals surface area (Å²) in [5.41, 5.74) is 0.365. The van der Waals surface area contributed by atoms with E-state index in [0.29, 0.717) is 12.2 Å². The largest absolute Gasteiger partial charge is 0.476 e. The summed E-state index contributed by atoms with van der Waals surface area (Å²) in [5, 5.41) is 18.3. The van der Waals surface area contributed by atoms with E-state index in [1.165, 1.54) is 17.3 Å². The minimum absolute atomic E-state index is 0.141. The predicted octanol–water partition coefficient (Wildman–Crippen LogP) is -0.297. The van der Waals surface area contributed by atoms with E-state index in [1.54, 1.807) is 6.92 Å². The Morgan fingerprint density at radius 1 is 1.53 bits per heavy atom. The molecule has 0 unspecified atom stereocenters. The van der Waals surface area contributed by atoms with Crippen molar-refractivity contribution < 1.29 is 19.1 Å². The van der Waals surface area contributed by atoms with Gasteiger partial charge in [0, 0.05) is 6.54 Å². The van der Waals surface area contributed by atoms with Crippen molar-refractivity contribution in [2.24, 2.45) is 0 Å². The number of nitrogens with zero attached hydrogens (tertiary/aromatic N) is 4. The molecule has 2 aromatic rings. The first kappa shape index (κ1) is 12.7. The van der Waals surface area contributed by atoms with Crippen LogP contribution in [-0.2, 0) is 6.54 Å². The molecule has 2 heterocycles. The number of carboxylic acids is 1. The fraction of sp³-hybridized carbons (Fsp3) is 0.300. The van der Waals surface area contributed by atoms with Crippen LogP contribution in [0.1, 0.15) is 26.7 Å². The van der Waals surface area contributed by atoms with E-state index in [1.807, 2.05) is 0 Å². The number of nitrogens with one attached hydrogen (secondary N) is 1. The third-order valence-corrected chi connectivity index (χ3v) is 2.34. The molecular formula is C10H11N5O4. The first-order valence-electron chi connectivity index (χ1n) is 5.39. The minimum atomic E-state index is -1.15. The highest BCUT2D eigenvalue weighted by Gasteiger charge is 2.13. The topological polar surface area (TPSA) is 123 Å². The molecule has 100 valence electrons. The van der Waals surface area contributed by atoms with Gasteiger partial charge in [-0.2, -0.15) is 0 Å². The van der Waals surface area contributed by atoms with Gasteiger partial charge in [-0.05, 0) is 6.92 Å². The van der Waals surface area contributed by atoms with E-state index < -0.39 is 5.97 Å². The van der Waals surface area contributed by atoms with Crippen LogP contribution in [0.3, 0.4) is 0 Å². The highest BCUT2D eigenvalue weighted by atomic mass is 16.4. The molecule has 1 amide bonds. The molecule has 2 N–H and O–H groups in total. The average molecular weight is 265 g/mol. The Balaban J connectivity index is 1.85. The van der Waals surface area contributed by atoms with Crippen LogP contribution in [0.2, 0.25) is 0 Å². The van der Waals surface area contributed by atoms with Gasteiger partial charge in [0.15, 0.2) is 12.1 Å². The molecule has 0 spiro atoms. The van der Waals surface area contributed by atoms with Gasteiger partial charge in [-0.15, -0.1) is 5.10 Å². The fourth-order valence-electron chi connectivity index (χ4n) is 1.39. The molecule has 2 aromatic heterocycles. The van der Waals surface area contributed by atoms with Crippen molar-refractivity contribution in [3.05, 3.63) is 29.7 Å². The standard InChI is InChI=1S/C10H11N5O4/c1-6-8(19-5-12-6)9(16)11-2-3-15-4-7(10(17)18)13-14-15/h4-5H,2-3H2,1H3,(H,11,16)(H,17,18). The number of amides is 1. The normalized spacial score (nSPS) is 10.4. The van der Waals surface area contributed by atoms with Gasteiger partial charge >= 0.3 is 5.97 Å². The highest BCUT2D eigenvalue weighted by Crippen LogP contribution is 2.03. The Morgan fingerprint density at radius 3 is 2.89 bits per heavy atom. The van der Waals surface area contributed by atoms with E-state index in [4.69, 9.17) is 9.52 Å². The van der Waals surface area contributed by atoms with Crippen molar-refractivity contribution in [3.63, 3.8) is 0 Å². The molecule has 0 radical (unpaired) electrons. The molecule has 9 heteroatoms. The Hall–Kier alpha value is -2.71. The lowest BCUT2D eigenvalue weighted by Gasteiger charge is -2.02. The number of carbonyl (C=O) groups excluding carboxylic acids is 1. The summed E-state index contributed by atoms with van der Waals surface area (Å²) in [4.78, 5) is 26.0. The van der Waals surface area contributed by atoms with Crippen molar-refractivity contribution in [2.45, 2.75) is 13.5 Å². The SMILES string of the molecule is Cc1ncoc1C(=O)NCCn1cc(C(=O)O)nn1. The number of carboxylic acid groups (broad SMARTS) is 1. The van der Waals surface area contributed by atoms with Crippen LogP contribution in [0, 0.1) is 6.92 Å². The third-order valence-electron chi connectivity index (χ3n) is 2.34. The van der Waals surface area contributed by atoms with Gasteiger partial charge in [0.05, 0.1) is 18.4 Å². The van der Waals surface area contributed by atoms with Crippen molar-refractivity contribution in [1.82, 2.24) is 25.3 Å². The van der Waals surface area contributed by atoms with Gasteiger partial charge in [-0.25, -0.2) is 14.5 Å². The van der Waals surface area contributed by atoms with Crippen LogP contribution < -0.4 is 5.32 Å². The van der Waals surface area contributed by atoms with E-state index in [0.717, 1.165) is 0 Å². The van der Waals surface area contributed by atoms with E-state index >= 15 is 0 Å². The zero-order chi connectivity index (χ0) is 13.8. The first-order chi connectivity index (χ1) is 9.08. The van der Waals surface area contributed by atoms with Gasteiger partial charge < -0.3 is 14.8 Å². The summed E-state index contributed by atoms with van der Waals surface area (Å²) in [5.74, 6) is -1.37. The maximum atomic E-state index is 11.6. The van der Waals surface area contributed by atoms with Crippen LogP contribution in [0.4, 0.5) is 0 Å². The zero-order valence-corrected chi connectivity index (χ0v) is 10.0. The lowest BCUT2D eigenvalue weighted by atomic mass is 10.3. The lowest BCUT2D eigenvalue weighted by Crippen LogP contribution is -2.27. The molecule has 0 aliphatic carbocycles. The quantitative estimate of drug-likeness (QED) is 0.760. The Bertz CT molecular complexity index is 603. The average Bonchev–Trinajstić information content (AvgIpc) is 2.97. The number of carbonyl (C=O) groups is 2. The second kappa shape index (κ2) is 5.29. The minimum Gasteiger partial charge on any atom is -0.476 e. The maximum Gasteiger partial charge on any atom is 0.358 e. The summed E-state index contributed by atoms with van der Waals surface area (Å²) in [6.45, 7) is 2.23. The molecule has 0 bridgehead atoms. The Kier molecular flexibility index (Phi) is 3.55. The first-order valence-corrected chi connectivity index (χ1v) is 5.39. The predicted molar refractivity (Wildman–Crippen MR) is 60.6 cm³/mol. The number of aromatic carboxylic acids is 1. The van der Waals surface area contributed by atoms with Crippen molar-refractivity contribution in [1.29, 1.82) is 0 Å². The molecule has 0 fully saturated rings. The van der Waals surface area contributed by atoms with Crippen LogP contribution in [-0.4, -0.2) is 43.5 Å². The van der Waals surface area contributed by atoms with Crippen molar-refractivity contribution in [3.8, 4) is 0 Å². The fourth-order valence-corrected chi connectivity index (χ4v) is 1.39. The number of hydrogen-bond donors (Lipinski definition) is 2. The van der Waals surface area contributed by atoms with E-state index in [9.17, 15) is 9.59 Å². The van der Waals surface area contributed by atoms with Crippen LogP contribution in [0.5, 0.6) is 0 Å². The van der Waals surface area contributed by atoms with Crippen LogP contribution in [0.25, 0.3) is 0 Å². The van der Waals surface area contributed by atoms with E-state index in [2.05, 4.69) is 20.6 Å². The molecule has 0 aliphatic heterocycles. The molecule has 9 nitrogen and oxygen atoms in total. The molecule has 0 saturated heterocycles. The molecule has 2 rings (SSSR count). The summed E-state index contributed by atoms with van der Waals surface area (Å²) < 4.78 is 6.26. The second-order valence-electron chi connectivity index (χ2n) is 3.69. The molecule has 0 aromatic carbocycles. The molecule has 19 heavy (non-hydrogen) atoms. The summed E-state index contributed by atoms with van der Waals surface area (Å²) >= 11 is 0.